The van der Waals surface area contributed by atoms with E-state index in [-0.39, 0.29) is 12.2 Å². The summed E-state index contributed by atoms with van der Waals surface area (Å²) in [5, 5.41) is 1.21. The van der Waals surface area contributed by atoms with E-state index >= 15 is 0 Å². The molecule has 0 heterocycles. The number of hydrogen-bond acceptors (Lipinski definition) is 2. The van der Waals surface area contributed by atoms with Crippen molar-refractivity contribution in [3.63, 3.8) is 0 Å². The van der Waals surface area contributed by atoms with Crippen LogP contribution in [-0.2, 0) is 6.42 Å². The molecule has 0 N–H and O–H groups in total. The predicted molar refractivity (Wildman–Crippen MR) is 82.2 cm³/mol. The first-order valence-corrected chi connectivity index (χ1v) is 6.88. The van der Waals surface area contributed by atoms with Crippen molar-refractivity contribution < 1.29 is 9.53 Å². The summed E-state index contributed by atoms with van der Waals surface area (Å²) in [5.74, 6) is 0.675. The number of ether oxygens (including phenoxy) is 1. The van der Waals surface area contributed by atoms with Gasteiger partial charge in [-0.05, 0) is 48.9 Å². The van der Waals surface area contributed by atoms with Crippen molar-refractivity contribution >= 4 is 29.0 Å². The van der Waals surface area contributed by atoms with Crippen LogP contribution in [0.5, 0.6) is 5.75 Å². The van der Waals surface area contributed by atoms with E-state index in [1.807, 2.05) is 6.92 Å². The predicted octanol–water partition coefficient (Wildman–Crippen LogP) is 4.74. The molecule has 0 saturated carbocycles. The first-order chi connectivity index (χ1) is 9.51. The lowest BCUT2D eigenvalue weighted by molar-refractivity contribution is 0.0991. The van der Waals surface area contributed by atoms with Crippen LogP contribution in [-0.4, -0.2) is 12.9 Å². The molecule has 0 spiro atoms. The molecule has 0 bridgehead atoms. The zero-order chi connectivity index (χ0) is 14.7. The Hall–Kier alpha value is -1.51. The lowest BCUT2D eigenvalue weighted by Gasteiger charge is -2.10. The number of carbonyl (C=O) groups excluding carboxylic acids is 1. The smallest absolute Gasteiger partial charge is 0.167 e. The largest absolute Gasteiger partial charge is 0.496 e. The fraction of sp³-hybridized carbons (Fsp3) is 0.188. The van der Waals surface area contributed by atoms with Gasteiger partial charge in [-0.15, -0.1) is 0 Å². The average Bonchev–Trinajstić information content (AvgIpc) is 2.38. The molecule has 0 unspecified atom stereocenters. The summed E-state index contributed by atoms with van der Waals surface area (Å²) in [6.45, 7) is 1.87. The fourth-order valence-corrected chi connectivity index (χ4v) is 2.51. The van der Waals surface area contributed by atoms with Gasteiger partial charge in [-0.25, -0.2) is 0 Å². The van der Waals surface area contributed by atoms with E-state index in [1.165, 1.54) is 0 Å². The third-order valence-electron chi connectivity index (χ3n) is 3.08. The number of rotatable bonds is 4. The number of methoxy groups -OCH3 is 1. The average molecular weight is 309 g/mol. The van der Waals surface area contributed by atoms with Gasteiger partial charge in [0.05, 0.1) is 7.11 Å². The molecular formula is C16H14Cl2O2. The fourth-order valence-electron chi connectivity index (χ4n) is 2.09. The highest BCUT2D eigenvalue weighted by molar-refractivity contribution is 6.31. The highest BCUT2D eigenvalue weighted by atomic mass is 35.5. The minimum absolute atomic E-state index is 0.0136. The number of benzene rings is 2. The number of halogens is 2. The Morgan fingerprint density at radius 2 is 1.75 bits per heavy atom. The van der Waals surface area contributed by atoms with Crippen LogP contribution in [0.3, 0.4) is 0 Å². The van der Waals surface area contributed by atoms with Gasteiger partial charge in [-0.3, -0.25) is 4.79 Å². The monoisotopic (exact) mass is 308 g/mol. The summed E-state index contributed by atoms with van der Waals surface area (Å²) in [5.41, 5.74) is 2.30. The Bertz CT molecular complexity index is 651. The SMILES string of the molecule is COc1ccc(Cl)cc1CC(=O)c1ccc(Cl)cc1C. The van der Waals surface area contributed by atoms with E-state index < -0.39 is 0 Å². The molecule has 0 amide bonds. The molecule has 0 aromatic heterocycles. The van der Waals surface area contributed by atoms with Crippen LogP contribution in [0.1, 0.15) is 21.5 Å². The maximum absolute atomic E-state index is 12.4. The molecule has 2 aromatic rings. The third-order valence-corrected chi connectivity index (χ3v) is 3.55. The summed E-state index contributed by atoms with van der Waals surface area (Å²) in [7, 11) is 1.57. The van der Waals surface area contributed by atoms with Crippen LogP contribution in [0.15, 0.2) is 36.4 Å². The number of hydrogen-bond donors (Lipinski definition) is 0. The molecule has 0 saturated heterocycles. The van der Waals surface area contributed by atoms with Crippen molar-refractivity contribution in [3.8, 4) is 5.75 Å². The van der Waals surface area contributed by atoms with Crippen LogP contribution in [0.25, 0.3) is 0 Å². The molecule has 2 nitrogen and oxygen atoms in total. The van der Waals surface area contributed by atoms with Crippen molar-refractivity contribution in [2.45, 2.75) is 13.3 Å². The quantitative estimate of drug-likeness (QED) is 0.763. The normalized spacial score (nSPS) is 10.4. The number of Topliss-reactive ketones (excluding diaryl/α,β-unsaturated/α-hetero) is 1. The maximum Gasteiger partial charge on any atom is 0.167 e. The molecule has 20 heavy (non-hydrogen) atoms. The Balaban J connectivity index is 2.30. The highest BCUT2D eigenvalue weighted by Gasteiger charge is 2.13. The molecule has 0 aliphatic carbocycles. The van der Waals surface area contributed by atoms with E-state index in [4.69, 9.17) is 27.9 Å². The third kappa shape index (κ3) is 3.33. The maximum atomic E-state index is 12.4. The Morgan fingerprint density at radius 3 is 2.40 bits per heavy atom. The van der Waals surface area contributed by atoms with Gasteiger partial charge in [0, 0.05) is 27.6 Å². The Kier molecular flexibility index (Phi) is 4.69. The van der Waals surface area contributed by atoms with Gasteiger partial charge < -0.3 is 4.74 Å². The number of carbonyl (C=O) groups is 1. The van der Waals surface area contributed by atoms with Gasteiger partial charge in [-0.1, -0.05) is 23.2 Å². The minimum Gasteiger partial charge on any atom is -0.496 e. The van der Waals surface area contributed by atoms with E-state index in [0.29, 0.717) is 21.4 Å². The lowest BCUT2D eigenvalue weighted by atomic mass is 9.99. The zero-order valence-corrected chi connectivity index (χ0v) is 12.8. The van der Waals surface area contributed by atoms with Crippen LogP contribution >= 0.6 is 23.2 Å². The van der Waals surface area contributed by atoms with Gasteiger partial charge in [0.2, 0.25) is 0 Å². The molecule has 0 fully saturated rings. The molecule has 2 rings (SSSR count). The van der Waals surface area contributed by atoms with E-state index in [0.717, 1.165) is 11.1 Å². The van der Waals surface area contributed by atoms with Gasteiger partial charge in [-0.2, -0.15) is 0 Å². The molecule has 0 aliphatic heterocycles. The van der Waals surface area contributed by atoms with Gasteiger partial charge in [0.15, 0.2) is 5.78 Å². The van der Waals surface area contributed by atoms with Gasteiger partial charge in [0.1, 0.15) is 5.75 Å². The van der Waals surface area contributed by atoms with Crippen molar-refractivity contribution in [3.05, 3.63) is 63.1 Å². The minimum atomic E-state index is 0.0136. The summed E-state index contributed by atoms with van der Waals surface area (Å²) in [4.78, 5) is 12.4. The second kappa shape index (κ2) is 6.29. The molecule has 0 atom stereocenters. The van der Waals surface area contributed by atoms with Crippen LogP contribution in [0.2, 0.25) is 10.0 Å². The first kappa shape index (κ1) is 14.9. The van der Waals surface area contributed by atoms with E-state index in [1.54, 1.807) is 43.5 Å². The number of ketones is 1. The van der Waals surface area contributed by atoms with Crippen LogP contribution < -0.4 is 4.74 Å². The summed E-state index contributed by atoms with van der Waals surface area (Å²) < 4.78 is 5.25. The summed E-state index contributed by atoms with van der Waals surface area (Å²) >= 11 is 11.9. The standard InChI is InChI=1S/C16H14Cl2O2/c1-10-7-12(17)3-5-14(10)15(19)9-11-8-13(18)4-6-16(11)20-2/h3-8H,9H2,1-2H3. The van der Waals surface area contributed by atoms with Gasteiger partial charge >= 0.3 is 0 Å². The van der Waals surface area contributed by atoms with Crippen molar-refractivity contribution in [1.82, 2.24) is 0 Å². The Labute approximate surface area is 128 Å². The van der Waals surface area contributed by atoms with E-state index in [9.17, 15) is 4.79 Å². The summed E-state index contributed by atoms with van der Waals surface area (Å²) in [6, 6.07) is 10.5. The van der Waals surface area contributed by atoms with Crippen LogP contribution in [0, 0.1) is 6.92 Å². The first-order valence-electron chi connectivity index (χ1n) is 6.13. The van der Waals surface area contributed by atoms with Gasteiger partial charge in [0.25, 0.3) is 0 Å². The van der Waals surface area contributed by atoms with Crippen molar-refractivity contribution in [1.29, 1.82) is 0 Å². The highest BCUT2D eigenvalue weighted by Crippen LogP contribution is 2.25. The Morgan fingerprint density at radius 1 is 1.10 bits per heavy atom. The lowest BCUT2D eigenvalue weighted by Crippen LogP contribution is -2.07. The molecule has 4 heteroatoms. The molecule has 2 aromatic carbocycles. The van der Waals surface area contributed by atoms with E-state index in [2.05, 4.69) is 0 Å². The molecule has 104 valence electrons. The van der Waals surface area contributed by atoms with Crippen LogP contribution in [0.4, 0.5) is 0 Å². The second-order valence-corrected chi connectivity index (χ2v) is 5.39. The van der Waals surface area contributed by atoms with Crippen molar-refractivity contribution in [2.75, 3.05) is 7.11 Å². The molecular weight excluding hydrogens is 295 g/mol. The topological polar surface area (TPSA) is 26.3 Å². The van der Waals surface area contributed by atoms with Crippen molar-refractivity contribution in [2.24, 2.45) is 0 Å². The zero-order valence-electron chi connectivity index (χ0n) is 11.2. The molecule has 0 radical (unpaired) electrons. The second-order valence-electron chi connectivity index (χ2n) is 4.52. The number of aryl methyl sites for hydroxylation is 1. The molecule has 0 aliphatic rings. The summed E-state index contributed by atoms with van der Waals surface area (Å²) in [6.07, 6.45) is 0.242.